The number of nitrogens with zero attached hydrogens (tertiary/aromatic N) is 1. The van der Waals surface area contributed by atoms with Crippen LogP contribution in [0.15, 0.2) is 89.8 Å². The van der Waals surface area contributed by atoms with Crippen molar-refractivity contribution in [2.45, 2.75) is 6.61 Å². The monoisotopic (exact) mass is 637 g/mol. The SMILES string of the molecule is COc1cc(/C=C2\SC(=O)N(CCOc3cccc4ccccc34)C2=O)ccc1OCc1ccc(I)cc1. The van der Waals surface area contributed by atoms with E-state index >= 15 is 0 Å². The smallest absolute Gasteiger partial charge is 0.293 e. The zero-order valence-electron chi connectivity index (χ0n) is 20.6. The molecule has 192 valence electrons. The molecule has 1 fully saturated rings. The van der Waals surface area contributed by atoms with Crippen molar-refractivity contribution in [2.24, 2.45) is 0 Å². The summed E-state index contributed by atoms with van der Waals surface area (Å²) in [5.74, 6) is 1.54. The summed E-state index contributed by atoms with van der Waals surface area (Å²) in [7, 11) is 1.57. The molecule has 1 saturated heterocycles. The van der Waals surface area contributed by atoms with Crippen LogP contribution in [0.1, 0.15) is 11.1 Å². The van der Waals surface area contributed by atoms with Crippen molar-refractivity contribution in [3.8, 4) is 17.2 Å². The summed E-state index contributed by atoms with van der Waals surface area (Å²) in [6, 6.07) is 27.3. The molecule has 5 rings (SSSR count). The lowest BCUT2D eigenvalue weighted by atomic mass is 10.1. The third kappa shape index (κ3) is 5.97. The summed E-state index contributed by atoms with van der Waals surface area (Å²) in [5.41, 5.74) is 1.79. The average molecular weight is 637 g/mol. The number of carbonyl (C=O) groups excluding carboxylic acids is 2. The van der Waals surface area contributed by atoms with E-state index in [0.29, 0.717) is 23.0 Å². The maximum atomic E-state index is 13.0. The highest BCUT2D eigenvalue weighted by atomic mass is 127. The Morgan fingerprint density at radius 3 is 2.47 bits per heavy atom. The standard InChI is InChI=1S/C30H24INO5S/c1-35-27-17-21(11-14-26(27)37-19-20-9-12-23(31)13-10-20)18-28-29(33)32(30(34)38-28)15-16-36-25-8-4-6-22-5-2-3-7-24(22)25/h2-14,17-18H,15-16,19H2,1H3/b28-18-. The van der Waals surface area contributed by atoms with Gasteiger partial charge in [0, 0.05) is 8.96 Å². The molecular weight excluding hydrogens is 613 g/mol. The van der Waals surface area contributed by atoms with Gasteiger partial charge in [-0.15, -0.1) is 0 Å². The first-order chi connectivity index (χ1) is 18.5. The number of thioether (sulfide) groups is 1. The minimum absolute atomic E-state index is 0.167. The van der Waals surface area contributed by atoms with E-state index in [-0.39, 0.29) is 24.3 Å². The summed E-state index contributed by atoms with van der Waals surface area (Å²) in [4.78, 5) is 27.1. The summed E-state index contributed by atoms with van der Waals surface area (Å²) in [5, 5.41) is 1.75. The van der Waals surface area contributed by atoms with Crippen molar-refractivity contribution in [1.82, 2.24) is 4.90 Å². The number of methoxy groups -OCH3 is 1. The van der Waals surface area contributed by atoms with Gasteiger partial charge in [-0.2, -0.15) is 0 Å². The van der Waals surface area contributed by atoms with Gasteiger partial charge in [0.2, 0.25) is 0 Å². The number of fused-ring (bicyclic) bond motifs is 1. The molecule has 0 aromatic heterocycles. The van der Waals surface area contributed by atoms with Crippen LogP contribution < -0.4 is 14.2 Å². The van der Waals surface area contributed by atoms with Gasteiger partial charge in [-0.1, -0.05) is 54.6 Å². The molecule has 8 heteroatoms. The Morgan fingerprint density at radius 2 is 1.66 bits per heavy atom. The summed E-state index contributed by atoms with van der Waals surface area (Å²) < 4.78 is 18.5. The molecule has 0 unspecified atom stereocenters. The van der Waals surface area contributed by atoms with E-state index in [1.165, 1.54) is 4.90 Å². The average Bonchev–Trinajstić information content (AvgIpc) is 3.20. The van der Waals surface area contributed by atoms with Gasteiger partial charge in [0.1, 0.15) is 19.0 Å². The van der Waals surface area contributed by atoms with Gasteiger partial charge < -0.3 is 14.2 Å². The molecular formula is C30H24INO5S. The van der Waals surface area contributed by atoms with Crippen molar-refractivity contribution < 1.29 is 23.8 Å². The Kier molecular flexibility index (Phi) is 8.19. The normalized spacial score (nSPS) is 14.4. The van der Waals surface area contributed by atoms with Gasteiger partial charge in [0.25, 0.3) is 11.1 Å². The minimum Gasteiger partial charge on any atom is -0.493 e. The van der Waals surface area contributed by atoms with Gasteiger partial charge in [-0.3, -0.25) is 14.5 Å². The zero-order valence-corrected chi connectivity index (χ0v) is 23.5. The fourth-order valence-corrected chi connectivity index (χ4v) is 5.27. The summed E-state index contributed by atoms with van der Waals surface area (Å²) in [6.45, 7) is 0.784. The van der Waals surface area contributed by atoms with Crippen LogP contribution >= 0.6 is 34.4 Å². The van der Waals surface area contributed by atoms with Crippen molar-refractivity contribution in [3.63, 3.8) is 0 Å². The summed E-state index contributed by atoms with van der Waals surface area (Å²) in [6.07, 6.45) is 1.70. The van der Waals surface area contributed by atoms with Crippen molar-refractivity contribution in [2.75, 3.05) is 20.3 Å². The van der Waals surface area contributed by atoms with E-state index in [0.717, 1.165) is 43.0 Å². The lowest BCUT2D eigenvalue weighted by Crippen LogP contribution is -2.32. The van der Waals surface area contributed by atoms with Crippen molar-refractivity contribution in [1.29, 1.82) is 0 Å². The quantitative estimate of drug-likeness (QED) is 0.144. The molecule has 0 N–H and O–H groups in total. The number of ether oxygens (including phenoxy) is 3. The predicted octanol–water partition coefficient (Wildman–Crippen LogP) is 7.15. The van der Waals surface area contributed by atoms with E-state index in [9.17, 15) is 9.59 Å². The van der Waals surface area contributed by atoms with E-state index in [4.69, 9.17) is 14.2 Å². The van der Waals surface area contributed by atoms with Gasteiger partial charge in [-0.25, -0.2) is 0 Å². The van der Waals surface area contributed by atoms with E-state index in [1.807, 2.05) is 72.8 Å². The van der Waals surface area contributed by atoms with Gasteiger partial charge >= 0.3 is 0 Å². The van der Waals surface area contributed by atoms with Crippen molar-refractivity contribution in [3.05, 3.63) is 105 Å². The maximum absolute atomic E-state index is 13.0. The van der Waals surface area contributed by atoms with Gasteiger partial charge in [0.05, 0.1) is 18.6 Å². The number of imide groups is 1. The molecule has 6 nitrogen and oxygen atoms in total. The van der Waals surface area contributed by atoms with Gasteiger partial charge in [0.15, 0.2) is 11.5 Å². The second kappa shape index (κ2) is 11.9. The number of rotatable bonds is 9. The van der Waals surface area contributed by atoms with Crippen LogP contribution in [-0.4, -0.2) is 36.3 Å². The number of benzene rings is 4. The topological polar surface area (TPSA) is 65.1 Å². The first-order valence-corrected chi connectivity index (χ1v) is 13.8. The Balaban J connectivity index is 1.23. The first-order valence-electron chi connectivity index (χ1n) is 11.9. The Hall–Kier alpha value is -3.50. The van der Waals surface area contributed by atoms with Crippen LogP contribution in [0.2, 0.25) is 0 Å². The van der Waals surface area contributed by atoms with Crippen LogP contribution in [0.4, 0.5) is 4.79 Å². The van der Waals surface area contributed by atoms with E-state index in [1.54, 1.807) is 25.3 Å². The third-order valence-corrected chi connectivity index (χ3v) is 7.62. The Labute approximate surface area is 238 Å². The van der Waals surface area contributed by atoms with E-state index < -0.39 is 0 Å². The lowest BCUT2D eigenvalue weighted by molar-refractivity contribution is -0.123. The molecule has 38 heavy (non-hydrogen) atoms. The molecule has 2 amide bonds. The predicted molar refractivity (Wildman–Crippen MR) is 159 cm³/mol. The molecule has 0 radical (unpaired) electrons. The van der Waals surface area contributed by atoms with E-state index in [2.05, 4.69) is 22.6 Å². The first kappa shape index (κ1) is 26.1. The molecule has 0 spiro atoms. The third-order valence-electron chi connectivity index (χ3n) is 5.99. The Morgan fingerprint density at radius 1 is 0.868 bits per heavy atom. The molecule has 0 atom stereocenters. The van der Waals surface area contributed by atoms with Crippen LogP contribution in [0.3, 0.4) is 0 Å². The second-order valence-corrected chi connectivity index (χ2v) is 10.7. The number of amides is 2. The molecule has 0 aliphatic carbocycles. The van der Waals surface area contributed by atoms with Crippen LogP contribution in [0, 0.1) is 3.57 Å². The highest BCUT2D eigenvalue weighted by Gasteiger charge is 2.34. The van der Waals surface area contributed by atoms with Crippen LogP contribution in [0.5, 0.6) is 17.2 Å². The number of carbonyl (C=O) groups is 2. The second-order valence-electron chi connectivity index (χ2n) is 8.48. The maximum Gasteiger partial charge on any atom is 0.293 e. The molecule has 4 aromatic rings. The van der Waals surface area contributed by atoms with Crippen LogP contribution in [-0.2, 0) is 11.4 Å². The number of hydrogen-bond acceptors (Lipinski definition) is 6. The van der Waals surface area contributed by atoms with Crippen molar-refractivity contribution >= 4 is 62.3 Å². The van der Waals surface area contributed by atoms with Gasteiger partial charge in [-0.05, 0) is 87.3 Å². The summed E-state index contributed by atoms with van der Waals surface area (Å²) >= 11 is 3.19. The zero-order chi connectivity index (χ0) is 26.5. The highest BCUT2D eigenvalue weighted by molar-refractivity contribution is 14.1. The number of halogens is 1. The number of hydrogen-bond donors (Lipinski definition) is 0. The molecule has 1 aliphatic rings. The molecule has 1 aliphatic heterocycles. The molecule has 1 heterocycles. The fourth-order valence-electron chi connectivity index (χ4n) is 4.05. The molecule has 4 aromatic carbocycles. The highest BCUT2D eigenvalue weighted by Crippen LogP contribution is 2.35. The molecule has 0 saturated carbocycles. The lowest BCUT2D eigenvalue weighted by Gasteiger charge is -2.14. The minimum atomic E-state index is -0.334. The van der Waals surface area contributed by atoms with Crippen LogP contribution in [0.25, 0.3) is 16.8 Å². The Bertz CT molecular complexity index is 1510. The fraction of sp³-hybridized carbons (Fsp3) is 0.133. The largest absolute Gasteiger partial charge is 0.493 e. The molecule has 0 bridgehead atoms.